The van der Waals surface area contributed by atoms with Gasteiger partial charge in [-0.25, -0.2) is 0 Å². The molecule has 0 aliphatic rings. The third-order valence-electron chi connectivity index (χ3n) is 4.54. The van der Waals surface area contributed by atoms with Crippen LogP contribution >= 0.6 is 0 Å². The Balaban J connectivity index is 1.86. The third kappa shape index (κ3) is 2.74. The minimum atomic E-state index is -0.119. The van der Waals surface area contributed by atoms with Gasteiger partial charge in [0.15, 0.2) is 5.78 Å². The molecule has 1 aromatic heterocycles. The summed E-state index contributed by atoms with van der Waals surface area (Å²) in [7, 11) is 0. The van der Waals surface area contributed by atoms with Crippen molar-refractivity contribution in [1.29, 1.82) is 0 Å². The smallest absolute Gasteiger partial charge is 0.209 e. The second kappa shape index (κ2) is 6.45. The molecule has 0 saturated heterocycles. The predicted octanol–water partition coefficient (Wildman–Crippen LogP) is 5.27. The van der Waals surface area contributed by atoms with Crippen molar-refractivity contribution in [3.05, 3.63) is 95.7 Å². The Hall–Kier alpha value is -3.46. The zero-order valence-corrected chi connectivity index (χ0v) is 14.3. The van der Waals surface area contributed by atoms with Gasteiger partial charge in [-0.05, 0) is 29.3 Å². The second-order valence-corrected chi connectivity index (χ2v) is 6.25. The summed E-state index contributed by atoms with van der Waals surface area (Å²) in [4.78, 5) is 28.4. The van der Waals surface area contributed by atoms with E-state index in [9.17, 15) is 9.59 Å². The predicted molar refractivity (Wildman–Crippen MR) is 104 cm³/mol. The molecule has 0 saturated carbocycles. The SMILES string of the molecule is CC(=O)c1cc(C(=O)c2cccc3ccccc23)[nH]c1-c1ccccc1. The number of hydrogen-bond acceptors (Lipinski definition) is 2. The zero-order valence-electron chi connectivity index (χ0n) is 14.3. The van der Waals surface area contributed by atoms with Crippen molar-refractivity contribution in [1.82, 2.24) is 4.98 Å². The van der Waals surface area contributed by atoms with Gasteiger partial charge in [0.2, 0.25) is 5.78 Å². The van der Waals surface area contributed by atoms with Gasteiger partial charge in [0.25, 0.3) is 0 Å². The zero-order chi connectivity index (χ0) is 18.1. The molecule has 3 nitrogen and oxygen atoms in total. The highest BCUT2D eigenvalue weighted by Gasteiger charge is 2.19. The minimum absolute atomic E-state index is 0.0722. The lowest BCUT2D eigenvalue weighted by molar-refractivity contribution is 0.101. The van der Waals surface area contributed by atoms with Crippen molar-refractivity contribution in [3.8, 4) is 11.3 Å². The second-order valence-electron chi connectivity index (χ2n) is 6.25. The summed E-state index contributed by atoms with van der Waals surface area (Å²) in [5.74, 6) is -0.191. The Labute approximate surface area is 151 Å². The maximum absolute atomic E-state index is 13.1. The molecule has 3 aromatic carbocycles. The van der Waals surface area contributed by atoms with Crippen LogP contribution in [0.4, 0.5) is 0 Å². The van der Waals surface area contributed by atoms with Crippen molar-refractivity contribution in [2.24, 2.45) is 0 Å². The molecule has 0 amide bonds. The highest BCUT2D eigenvalue weighted by molar-refractivity contribution is 6.17. The molecule has 1 heterocycles. The summed E-state index contributed by atoms with van der Waals surface area (Å²) in [6, 6.07) is 24.7. The molecular weight excluding hydrogens is 322 g/mol. The van der Waals surface area contributed by atoms with E-state index in [2.05, 4.69) is 4.98 Å². The van der Waals surface area contributed by atoms with Gasteiger partial charge in [0.05, 0.1) is 11.4 Å². The number of benzene rings is 3. The van der Waals surface area contributed by atoms with E-state index >= 15 is 0 Å². The van der Waals surface area contributed by atoms with Crippen LogP contribution in [-0.2, 0) is 0 Å². The Morgan fingerprint density at radius 3 is 2.23 bits per heavy atom. The molecule has 26 heavy (non-hydrogen) atoms. The molecule has 4 aromatic rings. The van der Waals surface area contributed by atoms with Crippen molar-refractivity contribution in [2.75, 3.05) is 0 Å². The van der Waals surface area contributed by atoms with Gasteiger partial charge in [-0.1, -0.05) is 72.8 Å². The number of hydrogen-bond donors (Lipinski definition) is 1. The van der Waals surface area contributed by atoms with Gasteiger partial charge < -0.3 is 4.98 Å². The fourth-order valence-electron chi connectivity index (χ4n) is 3.26. The molecule has 3 heteroatoms. The summed E-state index contributed by atoms with van der Waals surface area (Å²) < 4.78 is 0. The monoisotopic (exact) mass is 339 g/mol. The molecule has 0 radical (unpaired) electrons. The van der Waals surface area contributed by atoms with Gasteiger partial charge in [-0.15, -0.1) is 0 Å². The molecule has 0 aliphatic heterocycles. The molecule has 0 fully saturated rings. The standard InChI is InChI=1S/C23H17NO2/c1-15(25)20-14-21(24-22(20)17-9-3-2-4-10-17)23(26)19-13-7-11-16-8-5-6-12-18(16)19/h2-14,24H,1H3. The Kier molecular flexibility index (Phi) is 3.98. The van der Waals surface area contributed by atoms with E-state index in [0.717, 1.165) is 16.3 Å². The average Bonchev–Trinajstić information content (AvgIpc) is 3.13. The number of ketones is 2. The fourth-order valence-corrected chi connectivity index (χ4v) is 3.26. The summed E-state index contributed by atoms with van der Waals surface area (Å²) in [6.45, 7) is 1.52. The van der Waals surface area contributed by atoms with Crippen LogP contribution < -0.4 is 0 Å². The van der Waals surface area contributed by atoms with Crippen LogP contribution in [0.5, 0.6) is 0 Å². The number of aromatic amines is 1. The third-order valence-corrected chi connectivity index (χ3v) is 4.54. The average molecular weight is 339 g/mol. The lowest BCUT2D eigenvalue weighted by Crippen LogP contribution is -2.02. The van der Waals surface area contributed by atoms with Gasteiger partial charge >= 0.3 is 0 Å². The number of H-pyrrole nitrogens is 1. The number of carbonyl (C=O) groups excluding carboxylic acids is 2. The van der Waals surface area contributed by atoms with Gasteiger partial charge in [0, 0.05) is 11.1 Å². The minimum Gasteiger partial charge on any atom is -0.351 e. The van der Waals surface area contributed by atoms with Gasteiger partial charge in [0.1, 0.15) is 0 Å². The lowest BCUT2D eigenvalue weighted by atomic mass is 9.99. The highest BCUT2D eigenvalue weighted by Crippen LogP contribution is 2.27. The maximum atomic E-state index is 13.1. The normalized spacial score (nSPS) is 10.8. The van der Waals surface area contributed by atoms with Gasteiger partial charge in [-0.2, -0.15) is 0 Å². The summed E-state index contributed by atoms with van der Waals surface area (Å²) in [6.07, 6.45) is 0. The topological polar surface area (TPSA) is 49.9 Å². The molecule has 1 N–H and O–H groups in total. The molecule has 4 rings (SSSR count). The molecule has 126 valence electrons. The Morgan fingerprint density at radius 2 is 1.46 bits per heavy atom. The number of rotatable bonds is 4. The van der Waals surface area contributed by atoms with Crippen LogP contribution in [0.2, 0.25) is 0 Å². The van der Waals surface area contributed by atoms with E-state index in [4.69, 9.17) is 0 Å². The first-order valence-electron chi connectivity index (χ1n) is 8.47. The largest absolute Gasteiger partial charge is 0.351 e. The lowest BCUT2D eigenvalue weighted by Gasteiger charge is -2.04. The Morgan fingerprint density at radius 1 is 0.769 bits per heavy atom. The van der Waals surface area contributed by atoms with Crippen molar-refractivity contribution >= 4 is 22.3 Å². The Bertz CT molecular complexity index is 1120. The quantitative estimate of drug-likeness (QED) is 0.515. The first kappa shape index (κ1) is 16.0. The summed E-state index contributed by atoms with van der Waals surface area (Å²) in [5, 5.41) is 1.92. The molecular formula is C23H17NO2. The van der Waals surface area contributed by atoms with Gasteiger partial charge in [-0.3, -0.25) is 9.59 Å². The van der Waals surface area contributed by atoms with E-state index in [0.29, 0.717) is 22.5 Å². The van der Waals surface area contributed by atoms with E-state index in [-0.39, 0.29) is 11.6 Å². The number of Topliss-reactive ketones (excluding diaryl/α,β-unsaturated/α-hetero) is 1. The molecule has 0 unspecified atom stereocenters. The first-order valence-corrected chi connectivity index (χ1v) is 8.47. The number of nitrogens with one attached hydrogen (secondary N) is 1. The highest BCUT2D eigenvalue weighted by atomic mass is 16.1. The van der Waals surface area contributed by atoms with Crippen LogP contribution in [0, 0.1) is 0 Å². The fraction of sp³-hybridized carbons (Fsp3) is 0.0435. The van der Waals surface area contributed by atoms with Crippen LogP contribution in [0.3, 0.4) is 0 Å². The molecule has 0 aliphatic carbocycles. The van der Waals surface area contributed by atoms with Crippen LogP contribution in [0.25, 0.3) is 22.0 Å². The molecule has 0 bridgehead atoms. The van der Waals surface area contributed by atoms with Crippen molar-refractivity contribution < 1.29 is 9.59 Å². The number of fused-ring (bicyclic) bond motifs is 1. The molecule has 0 spiro atoms. The van der Waals surface area contributed by atoms with Crippen molar-refractivity contribution in [3.63, 3.8) is 0 Å². The first-order chi connectivity index (χ1) is 12.6. The van der Waals surface area contributed by atoms with E-state index in [1.807, 2.05) is 72.8 Å². The van der Waals surface area contributed by atoms with E-state index < -0.39 is 0 Å². The number of carbonyl (C=O) groups is 2. The maximum Gasteiger partial charge on any atom is 0.209 e. The van der Waals surface area contributed by atoms with E-state index in [1.54, 1.807) is 6.07 Å². The number of aromatic nitrogens is 1. The summed E-state index contributed by atoms with van der Waals surface area (Å²) in [5.41, 5.74) is 3.14. The van der Waals surface area contributed by atoms with Crippen LogP contribution in [0.1, 0.15) is 33.3 Å². The molecule has 0 atom stereocenters. The van der Waals surface area contributed by atoms with E-state index in [1.165, 1.54) is 6.92 Å². The van der Waals surface area contributed by atoms with Crippen LogP contribution in [-0.4, -0.2) is 16.6 Å². The summed E-state index contributed by atoms with van der Waals surface area (Å²) >= 11 is 0. The van der Waals surface area contributed by atoms with Crippen LogP contribution in [0.15, 0.2) is 78.9 Å². The van der Waals surface area contributed by atoms with Crippen molar-refractivity contribution in [2.45, 2.75) is 6.92 Å².